The van der Waals surface area contributed by atoms with Crippen molar-refractivity contribution < 1.29 is 23.7 Å². The van der Waals surface area contributed by atoms with E-state index in [1.807, 2.05) is 44.2 Å². The van der Waals surface area contributed by atoms with Gasteiger partial charge in [-0.05, 0) is 19.4 Å². The highest BCUT2D eigenvalue weighted by molar-refractivity contribution is 5.13. The van der Waals surface area contributed by atoms with Crippen molar-refractivity contribution in [2.75, 3.05) is 6.61 Å². The smallest absolute Gasteiger partial charge is 0.190 e. The molecule has 5 atom stereocenters. The van der Waals surface area contributed by atoms with Crippen LogP contribution in [0.4, 0.5) is 0 Å². The molecule has 0 aliphatic carbocycles. The standard InChI is InChI=1S/C16H20O5/c1-16(2)20-14-13(18-8-10-6-4-3-5-7-10)12(11-9-17-11)19-15(14)21-16/h3-7,11-15H,8-9H2,1-2H3/t11-,12-,13+,14-,15-/m1/s1. The Hall–Kier alpha value is -0.980. The Morgan fingerprint density at radius 3 is 2.62 bits per heavy atom. The summed E-state index contributed by atoms with van der Waals surface area (Å²) in [5, 5.41) is 0. The Morgan fingerprint density at radius 2 is 1.90 bits per heavy atom. The molecule has 5 nitrogen and oxygen atoms in total. The average molecular weight is 292 g/mol. The first-order valence-electron chi connectivity index (χ1n) is 7.41. The summed E-state index contributed by atoms with van der Waals surface area (Å²) in [7, 11) is 0. The van der Waals surface area contributed by atoms with Crippen LogP contribution in [0.2, 0.25) is 0 Å². The number of fused-ring (bicyclic) bond motifs is 1. The molecule has 0 bridgehead atoms. The molecule has 1 aromatic carbocycles. The zero-order valence-electron chi connectivity index (χ0n) is 12.2. The highest BCUT2D eigenvalue weighted by atomic mass is 16.8. The van der Waals surface area contributed by atoms with Crippen molar-refractivity contribution in [2.24, 2.45) is 0 Å². The fourth-order valence-corrected chi connectivity index (χ4v) is 3.01. The Balaban J connectivity index is 1.47. The number of rotatable bonds is 4. The Labute approximate surface area is 124 Å². The molecule has 1 aromatic rings. The lowest BCUT2D eigenvalue weighted by Crippen LogP contribution is -2.39. The normalized spacial score (nSPS) is 40.2. The lowest BCUT2D eigenvalue weighted by Gasteiger charge is -2.25. The third-order valence-corrected chi connectivity index (χ3v) is 4.04. The fourth-order valence-electron chi connectivity index (χ4n) is 3.01. The van der Waals surface area contributed by atoms with Crippen LogP contribution < -0.4 is 0 Å². The van der Waals surface area contributed by atoms with Crippen LogP contribution >= 0.6 is 0 Å². The molecule has 21 heavy (non-hydrogen) atoms. The molecule has 114 valence electrons. The monoisotopic (exact) mass is 292 g/mol. The molecule has 3 fully saturated rings. The zero-order chi connectivity index (χ0) is 14.4. The molecule has 0 saturated carbocycles. The summed E-state index contributed by atoms with van der Waals surface area (Å²) in [5.74, 6) is -0.626. The molecule has 0 amide bonds. The van der Waals surface area contributed by atoms with Gasteiger partial charge in [0.2, 0.25) is 0 Å². The summed E-state index contributed by atoms with van der Waals surface area (Å²) in [4.78, 5) is 0. The van der Waals surface area contributed by atoms with Crippen LogP contribution in [0.5, 0.6) is 0 Å². The summed E-state index contributed by atoms with van der Waals surface area (Å²) >= 11 is 0. The van der Waals surface area contributed by atoms with Crippen LogP contribution in [0.3, 0.4) is 0 Å². The minimum atomic E-state index is -0.626. The first-order chi connectivity index (χ1) is 10.1. The summed E-state index contributed by atoms with van der Waals surface area (Å²) in [6.07, 6.45) is -0.733. The molecule has 0 aromatic heterocycles. The number of hydrogen-bond donors (Lipinski definition) is 0. The van der Waals surface area contributed by atoms with Gasteiger partial charge in [-0.25, -0.2) is 0 Å². The summed E-state index contributed by atoms with van der Waals surface area (Å²) < 4.78 is 29.2. The van der Waals surface area contributed by atoms with Gasteiger partial charge in [-0.1, -0.05) is 30.3 Å². The van der Waals surface area contributed by atoms with Crippen molar-refractivity contribution in [3.05, 3.63) is 35.9 Å². The van der Waals surface area contributed by atoms with Gasteiger partial charge in [-0.3, -0.25) is 0 Å². The Kier molecular flexibility index (Phi) is 3.28. The number of hydrogen-bond acceptors (Lipinski definition) is 5. The lowest BCUT2D eigenvalue weighted by molar-refractivity contribution is -0.221. The molecule has 4 rings (SSSR count). The minimum Gasteiger partial charge on any atom is -0.370 e. The third-order valence-electron chi connectivity index (χ3n) is 4.04. The molecular formula is C16H20O5. The van der Waals surface area contributed by atoms with Crippen molar-refractivity contribution in [1.82, 2.24) is 0 Å². The van der Waals surface area contributed by atoms with Gasteiger partial charge < -0.3 is 23.7 Å². The average Bonchev–Trinajstić information content (AvgIpc) is 3.18. The maximum Gasteiger partial charge on any atom is 0.190 e. The van der Waals surface area contributed by atoms with Crippen molar-refractivity contribution in [3.8, 4) is 0 Å². The maximum absolute atomic E-state index is 6.10. The van der Waals surface area contributed by atoms with Crippen LogP contribution in [-0.2, 0) is 30.3 Å². The quantitative estimate of drug-likeness (QED) is 0.793. The first-order valence-corrected chi connectivity index (χ1v) is 7.41. The van der Waals surface area contributed by atoms with Crippen molar-refractivity contribution in [1.29, 1.82) is 0 Å². The summed E-state index contributed by atoms with van der Waals surface area (Å²) in [5.41, 5.74) is 1.13. The molecule has 0 radical (unpaired) electrons. The molecule has 0 unspecified atom stereocenters. The highest BCUT2D eigenvalue weighted by Crippen LogP contribution is 2.42. The molecule has 0 N–H and O–H groups in total. The van der Waals surface area contributed by atoms with Crippen molar-refractivity contribution in [3.63, 3.8) is 0 Å². The third kappa shape index (κ3) is 2.72. The van der Waals surface area contributed by atoms with E-state index in [9.17, 15) is 0 Å². The second kappa shape index (κ2) is 5.04. The largest absolute Gasteiger partial charge is 0.370 e. The van der Waals surface area contributed by atoms with Crippen LogP contribution in [0.15, 0.2) is 30.3 Å². The van der Waals surface area contributed by atoms with Crippen molar-refractivity contribution >= 4 is 0 Å². The van der Waals surface area contributed by atoms with Gasteiger partial charge in [0.15, 0.2) is 12.1 Å². The molecule has 3 aliphatic rings. The van der Waals surface area contributed by atoms with Gasteiger partial charge >= 0.3 is 0 Å². The second-order valence-electron chi connectivity index (χ2n) is 6.20. The maximum atomic E-state index is 6.10. The van der Waals surface area contributed by atoms with E-state index < -0.39 is 5.79 Å². The molecule has 0 spiro atoms. The number of benzene rings is 1. The molecular weight excluding hydrogens is 272 g/mol. The minimum absolute atomic E-state index is 0.103. The number of epoxide rings is 1. The summed E-state index contributed by atoms with van der Waals surface area (Å²) in [6, 6.07) is 10.1. The molecule has 3 saturated heterocycles. The van der Waals surface area contributed by atoms with Crippen molar-refractivity contribution in [2.45, 2.75) is 56.9 Å². The van der Waals surface area contributed by atoms with E-state index in [0.717, 1.165) is 12.2 Å². The van der Waals surface area contributed by atoms with Crippen LogP contribution in [0.25, 0.3) is 0 Å². The van der Waals surface area contributed by atoms with Gasteiger partial charge in [0.25, 0.3) is 0 Å². The number of ether oxygens (including phenoxy) is 5. The second-order valence-corrected chi connectivity index (χ2v) is 6.20. The van der Waals surface area contributed by atoms with E-state index in [1.54, 1.807) is 0 Å². The van der Waals surface area contributed by atoms with E-state index in [-0.39, 0.29) is 30.7 Å². The SMILES string of the molecule is CC1(C)O[C@H]2O[C@H]([C@H]3CO3)[C@H](OCc3ccccc3)[C@H]2O1. The Morgan fingerprint density at radius 1 is 1.14 bits per heavy atom. The topological polar surface area (TPSA) is 49.5 Å². The van der Waals surface area contributed by atoms with E-state index in [1.165, 1.54) is 0 Å². The van der Waals surface area contributed by atoms with Gasteiger partial charge in [0, 0.05) is 0 Å². The van der Waals surface area contributed by atoms with Crippen LogP contribution in [0, 0.1) is 0 Å². The molecule has 3 heterocycles. The van der Waals surface area contributed by atoms with Gasteiger partial charge in [0.1, 0.15) is 24.4 Å². The van der Waals surface area contributed by atoms with Crippen LogP contribution in [-0.4, -0.2) is 43.1 Å². The molecule has 3 aliphatic heterocycles. The highest BCUT2D eigenvalue weighted by Gasteiger charge is 2.59. The fraction of sp³-hybridized carbons (Fsp3) is 0.625. The van der Waals surface area contributed by atoms with E-state index in [2.05, 4.69) is 0 Å². The predicted molar refractivity (Wildman–Crippen MR) is 73.5 cm³/mol. The summed E-state index contributed by atoms with van der Waals surface area (Å²) in [6.45, 7) is 5.04. The predicted octanol–water partition coefficient (Wildman–Crippen LogP) is 1.85. The zero-order valence-corrected chi connectivity index (χ0v) is 12.2. The van der Waals surface area contributed by atoms with E-state index >= 15 is 0 Å². The first kappa shape index (κ1) is 13.7. The lowest BCUT2D eigenvalue weighted by atomic mass is 10.1. The Bertz CT molecular complexity index is 499. The van der Waals surface area contributed by atoms with Crippen LogP contribution in [0.1, 0.15) is 19.4 Å². The van der Waals surface area contributed by atoms with Gasteiger partial charge in [-0.2, -0.15) is 0 Å². The van der Waals surface area contributed by atoms with Gasteiger partial charge in [-0.15, -0.1) is 0 Å². The molecule has 5 heteroatoms. The van der Waals surface area contributed by atoms with Gasteiger partial charge in [0.05, 0.1) is 13.2 Å². The van der Waals surface area contributed by atoms with E-state index in [4.69, 9.17) is 23.7 Å². The van der Waals surface area contributed by atoms with E-state index in [0.29, 0.717) is 6.61 Å².